The van der Waals surface area contributed by atoms with Crippen molar-refractivity contribution in [3.63, 3.8) is 0 Å². The highest BCUT2D eigenvalue weighted by atomic mass is 16.5. The zero-order chi connectivity index (χ0) is 20.5. The molecule has 1 N–H and O–H groups in total. The molecule has 1 amide bonds. The van der Waals surface area contributed by atoms with Crippen LogP contribution in [0.4, 0.5) is 5.69 Å². The summed E-state index contributed by atoms with van der Waals surface area (Å²) in [5.41, 5.74) is 1.69. The molecule has 0 radical (unpaired) electrons. The van der Waals surface area contributed by atoms with E-state index in [-0.39, 0.29) is 12.5 Å². The summed E-state index contributed by atoms with van der Waals surface area (Å²) in [6, 6.07) is 11.1. The summed E-state index contributed by atoms with van der Waals surface area (Å²) in [7, 11) is 8.28. The Morgan fingerprint density at radius 3 is 2.21 bits per heavy atom. The van der Waals surface area contributed by atoms with Crippen LogP contribution in [0.3, 0.4) is 0 Å². The monoisotopic (exact) mass is 388 g/mol. The van der Waals surface area contributed by atoms with Crippen molar-refractivity contribution in [2.75, 3.05) is 53.9 Å². The van der Waals surface area contributed by atoms with Gasteiger partial charge in [-0.3, -0.25) is 9.69 Å². The first-order valence-corrected chi connectivity index (χ1v) is 8.92. The van der Waals surface area contributed by atoms with E-state index in [2.05, 4.69) is 5.32 Å². The van der Waals surface area contributed by atoms with Crippen LogP contribution in [0, 0.1) is 0 Å². The van der Waals surface area contributed by atoms with Gasteiger partial charge in [-0.1, -0.05) is 6.07 Å². The molecule has 152 valence electrons. The molecule has 0 bridgehead atoms. The molecule has 0 unspecified atom stereocenters. The number of nitrogens with zero attached hydrogens (tertiary/aromatic N) is 1. The number of amides is 1. The van der Waals surface area contributed by atoms with Crippen LogP contribution < -0.4 is 24.3 Å². The van der Waals surface area contributed by atoms with Crippen LogP contribution in [0.5, 0.6) is 23.0 Å². The third kappa shape index (κ3) is 5.79. The normalized spacial score (nSPS) is 10.5. The van der Waals surface area contributed by atoms with Gasteiger partial charge < -0.3 is 24.3 Å². The zero-order valence-electron chi connectivity index (χ0n) is 17.1. The molecule has 0 atom stereocenters. The summed E-state index contributed by atoms with van der Waals surface area (Å²) in [6.07, 6.45) is 0.784. The maximum Gasteiger partial charge on any atom is 0.238 e. The second-order valence-corrected chi connectivity index (χ2v) is 6.29. The number of ether oxygens (including phenoxy) is 4. The van der Waals surface area contributed by atoms with Crippen LogP contribution in [-0.4, -0.2) is 59.4 Å². The molecule has 0 saturated carbocycles. The van der Waals surface area contributed by atoms with Crippen molar-refractivity contribution in [1.29, 1.82) is 0 Å². The van der Waals surface area contributed by atoms with E-state index < -0.39 is 0 Å². The van der Waals surface area contributed by atoms with Crippen molar-refractivity contribution < 1.29 is 23.7 Å². The first-order chi connectivity index (χ1) is 13.5. The Balaban J connectivity index is 1.91. The topological polar surface area (TPSA) is 69.3 Å². The van der Waals surface area contributed by atoms with Crippen molar-refractivity contribution in [2.24, 2.45) is 0 Å². The van der Waals surface area contributed by atoms with E-state index in [9.17, 15) is 4.79 Å². The molecule has 2 rings (SSSR count). The van der Waals surface area contributed by atoms with Crippen LogP contribution >= 0.6 is 0 Å². The molecule has 0 aliphatic heterocycles. The summed E-state index contributed by atoms with van der Waals surface area (Å²) in [4.78, 5) is 14.4. The van der Waals surface area contributed by atoms with Gasteiger partial charge in [-0.2, -0.15) is 0 Å². The fourth-order valence-corrected chi connectivity index (χ4v) is 2.78. The summed E-state index contributed by atoms with van der Waals surface area (Å²) in [5, 5.41) is 2.88. The first kappa shape index (κ1) is 21.4. The number of methoxy groups -OCH3 is 4. The number of anilines is 1. The Hall–Kier alpha value is -2.93. The Morgan fingerprint density at radius 1 is 0.893 bits per heavy atom. The number of rotatable bonds is 10. The SMILES string of the molecule is COc1ccc(OC)c(NC(=O)CN(C)CCc2ccc(OC)c(OC)c2)c1. The minimum Gasteiger partial charge on any atom is -0.497 e. The molecule has 0 fully saturated rings. The summed E-state index contributed by atoms with van der Waals surface area (Å²) in [5.74, 6) is 2.51. The van der Waals surface area contributed by atoms with Crippen molar-refractivity contribution in [3.8, 4) is 23.0 Å². The summed E-state index contributed by atoms with van der Waals surface area (Å²) in [6.45, 7) is 0.978. The molecule has 0 spiro atoms. The van der Waals surface area contributed by atoms with Gasteiger partial charge in [-0.05, 0) is 43.3 Å². The predicted octanol–water partition coefficient (Wildman–Crippen LogP) is 2.83. The largest absolute Gasteiger partial charge is 0.497 e. The number of carbonyl (C=O) groups is 1. The Morgan fingerprint density at radius 2 is 1.57 bits per heavy atom. The molecule has 2 aromatic rings. The summed E-state index contributed by atoms with van der Waals surface area (Å²) >= 11 is 0. The van der Waals surface area contributed by atoms with Crippen molar-refractivity contribution in [2.45, 2.75) is 6.42 Å². The zero-order valence-corrected chi connectivity index (χ0v) is 17.1. The van der Waals surface area contributed by atoms with Crippen LogP contribution in [0.15, 0.2) is 36.4 Å². The number of nitrogens with one attached hydrogen (secondary N) is 1. The lowest BCUT2D eigenvalue weighted by molar-refractivity contribution is -0.117. The fraction of sp³-hybridized carbons (Fsp3) is 0.381. The average molecular weight is 388 g/mol. The minimum absolute atomic E-state index is 0.124. The van der Waals surface area contributed by atoms with Crippen molar-refractivity contribution in [1.82, 2.24) is 4.90 Å². The molecule has 28 heavy (non-hydrogen) atoms. The molecular formula is C21H28N2O5. The Kier molecular flexibility index (Phi) is 7.95. The molecule has 7 heteroatoms. The number of hydrogen-bond donors (Lipinski definition) is 1. The molecule has 7 nitrogen and oxygen atoms in total. The van der Waals surface area contributed by atoms with Crippen LogP contribution in [-0.2, 0) is 11.2 Å². The van der Waals surface area contributed by atoms with Gasteiger partial charge in [0, 0.05) is 12.6 Å². The number of hydrogen-bond acceptors (Lipinski definition) is 6. The maximum atomic E-state index is 12.4. The van der Waals surface area contributed by atoms with E-state index >= 15 is 0 Å². The smallest absolute Gasteiger partial charge is 0.238 e. The first-order valence-electron chi connectivity index (χ1n) is 8.92. The van der Waals surface area contributed by atoms with E-state index in [0.29, 0.717) is 28.7 Å². The van der Waals surface area contributed by atoms with Crippen LogP contribution in [0.25, 0.3) is 0 Å². The summed E-state index contributed by atoms with van der Waals surface area (Å²) < 4.78 is 21.1. The quantitative estimate of drug-likeness (QED) is 0.675. The van der Waals surface area contributed by atoms with Gasteiger partial charge >= 0.3 is 0 Å². The van der Waals surface area contributed by atoms with E-state index in [1.54, 1.807) is 46.6 Å². The second-order valence-electron chi connectivity index (χ2n) is 6.29. The standard InChI is InChI=1S/C21H28N2O5/c1-23(11-10-15-6-8-19(27-4)20(12-15)28-5)14-21(24)22-17-13-16(25-2)7-9-18(17)26-3/h6-9,12-13H,10-11,14H2,1-5H3,(H,22,24). The number of benzene rings is 2. The van der Waals surface area contributed by atoms with Gasteiger partial charge in [0.05, 0.1) is 40.7 Å². The molecule has 0 aliphatic carbocycles. The second kappa shape index (κ2) is 10.4. The fourth-order valence-electron chi connectivity index (χ4n) is 2.78. The highest BCUT2D eigenvalue weighted by Gasteiger charge is 2.12. The van der Waals surface area contributed by atoms with Crippen LogP contribution in [0.1, 0.15) is 5.56 Å². The van der Waals surface area contributed by atoms with Gasteiger partial charge in [0.2, 0.25) is 5.91 Å². The minimum atomic E-state index is -0.124. The van der Waals surface area contributed by atoms with Gasteiger partial charge in [-0.25, -0.2) is 0 Å². The third-order valence-electron chi connectivity index (χ3n) is 4.32. The lowest BCUT2D eigenvalue weighted by atomic mass is 10.1. The van der Waals surface area contributed by atoms with Gasteiger partial charge in [0.15, 0.2) is 11.5 Å². The molecule has 0 heterocycles. The predicted molar refractivity (Wildman–Crippen MR) is 109 cm³/mol. The van der Waals surface area contributed by atoms with E-state index in [1.807, 2.05) is 30.1 Å². The number of likely N-dealkylation sites (N-methyl/N-ethyl adjacent to an activating group) is 1. The van der Waals surface area contributed by atoms with Gasteiger partial charge in [0.1, 0.15) is 11.5 Å². The molecule has 0 aliphatic rings. The third-order valence-corrected chi connectivity index (χ3v) is 4.32. The van der Waals surface area contributed by atoms with Crippen molar-refractivity contribution >= 4 is 11.6 Å². The lowest BCUT2D eigenvalue weighted by Gasteiger charge is -2.18. The molecule has 0 aromatic heterocycles. The van der Waals surface area contributed by atoms with E-state index in [4.69, 9.17) is 18.9 Å². The maximum absolute atomic E-state index is 12.4. The van der Waals surface area contributed by atoms with Crippen LogP contribution in [0.2, 0.25) is 0 Å². The lowest BCUT2D eigenvalue weighted by Crippen LogP contribution is -2.31. The van der Waals surface area contributed by atoms with Gasteiger partial charge in [0.25, 0.3) is 0 Å². The van der Waals surface area contributed by atoms with Gasteiger partial charge in [-0.15, -0.1) is 0 Å². The molecule has 2 aromatic carbocycles. The Labute approximate surface area is 166 Å². The van der Waals surface area contributed by atoms with E-state index in [1.165, 1.54) is 0 Å². The highest BCUT2D eigenvalue weighted by Crippen LogP contribution is 2.29. The Bertz CT molecular complexity index is 794. The number of carbonyl (C=O) groups excluding carboxylic acids is 1. The molecule has 0 saturated heterocycles. The average Bonchev–Trinajstić information content (AvgIpc) is 2.71. The van der Waals surface area contributed by atoms with Crippen molar-refractivity contribution in [3.05, 3.63) is 42.0 Å². The van der Waals surface area contributed by atoms with E-state index in [0.717, 1.165) is 18.5 Å². The highest BCUT2D eigenvalue weighted by molar-refractivity contribution is 5.94. The molecular weight excluding hydrogens is 360 g/mol.